The molecule has 0 aliphatic heterocycles. The van der Waals surface area contributed by atoms with E-state index >= 15 is 0 Å². The number of halogens is 2. The minimum atomic E-state index is -0.655. The molecule has 0 saturated heterocycles. The minimum Gasteiger partial charge on any atom is -0.324 e. The Balaban J connectivity index is 1.81. The summed E-state index contributed by atoms with van der Waals surface area (Å²) in [6.45, 7) is 5.37. The van der Waals surface area contributed by atoms with E-state index in [0.717, 1.165) is 10.1 Å². The van der Waals surface area contributed by atoms with Crippen molar-refractivity contribution < 1.29 is 9.18 Å². The molecule has 2 aromatic heterocycles. The van der Waals surface area contributed by atoms with Gasteiger partial charge < -0.3 is 5.32 Å². The van der Waals surface area contributed by atoms with Gasteiger partial charge in [0.05, 0.1) is 12.2 Å². The van der Waals surface area contributed by atoms with E-state index in [2.05, 4.69) is 10.4 Å². The second kappa shape index (κ2) is 9.26. The molecule has 0 aliphatic carbocycles. The molecular weight excluding hydrogens is 461 g/mol. The van der Waals surface area contributed by atoms with Crippen LogP contribution in [0.1, 0.15) is 23.7 Å². The van der Waals surface area contributed by atoms with Crippen molar-refractivity contribution >= 4 is 34.2 Å². The van der Waals surface area contributed by atoms with Crippen molar-refractivity contribution in [2.75, 3.05) is 5.32 Å². The first-order chi connectivity index (χ1) is 16.2. The zero-order chi connectivity index (χ0) is 24.6. The lowest BCUT2D eigenvalue weighted by Crippen LogP contribution is -2.42. The number of carbonyl (C=O) groups is 1. The zero-order valence-corrected chi connectivity index (χ0v) is 19.7. The van der Waals surface area contributed by atoms with Crippen LogP contribution in [-0.2, 0) is 24.4 Å². The Bertz CT molecular complexity index is 1520. The number of rotatable bonds is 6. The molecule has 4 aromatic rings. The summed E-state index contributed by atoms with van der Waals surface area (Å²) in [4.78, 5) is 39.6. The van der Waals surface area contributed by atoms with Gasteiger partial charge >= 0.3 is 5.69 Å². The first kappa shape index (κ1) is 23.4. The first-order valence-corrected chi connectivity index (χ1v) is 11.1. The average Bonchev–Trinajstić information content (AvgIpc) is 3.14. The van der Waals surface area contributed by atoms with Crippen LogP contribution >= 0.6 is 11.6 Å². The van der Waals surface area contributed by atoms with Gasteiger partial charge in [-0.3, -0.25) is 23.4 Å². The van der Waals surface area contributed by atoms with Crippen LogP contribution in [0.5, 0.6) is 0 Å². The Kier molecular flexibility index (Phi) is 6.39. The summed E-state index contributed by atoms with van der Waals surface area (Å²) in [6, 6.07) is 10.7. The third kappa shape index (κ3) is 4.38. The van der Waals surface area contributed by atoms with Gasteiger partial charge in [-0.2, -0.15) is 5.10 Å². The number of aryl methyl sites for hydroxylation is 3. The van der Waals surface area contributed by atoms with Gasteiger partial charge in [-0.1, -0.05) is 29.8 Å². The molecule has 2 heterocycles. The van der Waals surface area contributed by atoms with Gasteiger partial charge in [0.25, 0.3) is 5.56 Å². The first-order valence-electron chi connectivity index (χ1n) is 10.7. The molecule has 0 bridgehead atoms. The van der Waals surface area contributed by atoms with Gasteiger partial charge in [-0.25, -0.2) is 9.18 Å². The fraction of sp³-hybridized carbons (Fsp3) is 0.250. The summed E-state index contributed by atoms with van der Waals surface area (Å²) in [5.74, 6) is -0.879. The normalized spacial score (nSPS) is 11.2. The Hall–Kier alpha value is -3.72. The van der Waals surface area contributed by atoms with E-state index in [1.807, 2.05) is 13.8 Å². The molecule has 0 spiro atoms. The van der Waals surface area contributed by atoms with E-state index < -0.39 is 23.0 Å². The monoisotopic (exact) mass is 483 g/mol. The summed E-state index contributed by atoms with van der Waals surface area (Å²) < 4.78 is 17.1. The number of nitrogens with one attached hydrogen (secondary N) is 1. The zero-order valence-electron chi connectivity index (χ0n) is 18.9. The highest BCUT2D eigenvalue weighted by Crippen LogP contribution is 2.20. The number of amides is 1. The summed E-state index contributed by atoms with van der Waals surface area (Å²) in [7, 11) is 0. The highest BCUT2D eigenvalue weighted by atomic mass is 35.5. The number of hydrogen-bond donors (Lipinski definition) is 1. The van der Waals surface area contributed by atoms with Gasteiger partial charge in [0.15, 0.2) is 5.52 Å². The van der Waals surface area contributed by atoms with Crippen molar-refractivity contribution in [3.8, 4) is 0 Å². The maximum atomic E-state index is 13.4. The molecule has 1 N–H and O–H groups in total. The van der Waals surface area contributed by atoms with Gasteiger partial charge in [-0.15, -0.1) is 0 Å². The lowest BCUT2D eigenvalue weighted by molar-refractivity contribution is -0.116. The molecule has 0 saturated carbocycles. The lowest BCUT2D eigenvalue weighted by Gasteiger charge is -2.14. The molecule has 0 aliphatic rings. The van der Waals surface area contributed by atoms with Crippen molar-refractivity contribution in [2.45, 2.75) is 40.4 Å². The molecule has 0 radical (unpaired) electrons. The van der Waals surface area contributed by atoms with Gasteiger partial charge in [0, 0.05) is 17.3 Å². The standard InChI is InChI=1S/C24H23ClFN5O3/c1-4-31-22-21(15(3)28-31)29(13-20(32)27-18-10-5-14(2)19(25)11-18)24(34)30(23(22)33)12-16-6-8-17(26)9-7-16/h5-11H,4,12-13H2,1-3H3,(H,27,32). The maximum Gasteiger partial charge on any atom is 0.332 e. The molecule has 4 rings (SSSR count). The van der Waals surface area contributed by atoms with Crippen LogP contribution < -0.4 is 16.6 Å². The number of nitrogens with zero attached hydrogens (tertiary/aromatic N) is 4. The van der Waals surface area contributed by atoms with Crippen LogP contribution in [0, 0.1) is 19.7 Å². The van der Waals surface area contributed by atoms with Crippen molar-refractivity contribution in [1.29, 1.82) is 0 Å². The number of hydrogen-bond acceptors (Lipinski definition) is 4. The van der Waals surface area contributed by atoms with Crippen LogP contribution in [-0.4, -0.2) is 24.8 Å². The largest absolute Gasteiger partial charge is 0.332 e. The number of carbonyl (C=O) groups excluding carboxylic acids is 1. The number of benzene rings is 2. The van der Waals surface area contributed by atoms with Crippen LogP contribution in [0.3, 0.4) is 0 Å². The maximum absolute atomic E-state index is 13.4. The van der Waals surface area contributed by atoms with Crippen molar-refractivity contribution in [2.24, 2.45) is 0 Å². The summed E-state index contributed by atoms with van der Waals surface area (Å²) in [6.07, 6.45) is 0. The van der Waals surface area contributed by atoms with Gasteiger partial charge in [0.1, 0.15) is 17.9 Å². The molecule has 10 heteroatoms. The van der Waals surface area contributed by atoms with E-state index in [1.54, 1.807) is 25.1 Å². The Morgan fingerprint density at radius 1 is 1.06 bits per heavy atom. The van der Waals surface area contributed by atoms with Crippen LogP contribution in [0.25, 0.3) is 11.0 Å². The molecule has 0 unspecified atom stereocenters. The van der Waals surface area contributed by atoms with Gasteiger partial charge in [0.2, 0.25) is 5.91 Å². The van der Waals surface area contributed by atoms with Crippen molar-refractivity contribution in [3.05, 3.63) is 91.0 Å². The van der Waals surface area contributed by atoms with E-state index in [0.29, 0.717) is 34.0 Å². The Morgan fingerprint density at radius 3 is 2.41 bits per heavy atom. The molecule has 1 amide bonds. The molecular formula is C24H23ClFN5O3. The SMILES string of the molecule is CCn1nc(C)c2c1c(=O)n(Cc1ccc(F)cc1)c(=O)n2CC(=O)Nc1ccc(C)c(Cl)c1. The summed E-state index contributed by atoms with van der Waals surface area (Å²) in [5.41, 5.74) is 1.76. The molecule has 176 valence electrons. The predicted octanol–water partition coefficient (Wildman–Crippen LogP) is 3.48. The van der Waals surface area contributed by atoms with Crippen molar-refractivity contribution in [1.82, 2.24) is 18.9 Å². The fourth-order valence-electron chi connectivity index (χ4n) is 3.86. The van der Waals surface area contributed by atoms with E-state index in [9.17, 15) is 18.8 Å². The summed E-state index contributed by atoms with van der Waals surface area (Å²) >= 11 is 6.15. The highest BCUT2D eigenvalue weighted by molar-refractivity contribution is 6.31. The van der Waals surface area contributed by atoms with Gasteiger partial charge in [-0.05, 0) is 56.2 Å². The quantitative estimate of drug-likeness (QED) is 0.454. The van der Waals surface area contributed by atoms with E-state index in [-0.39, 0.29) is 18.6 Å². The van der Waals surface area contributed by atoms with E-state index in [4.69, 9.17) is 11.6 Å². The lowest BCUT2D eigenvalue weighted by atomic mass is 10.2. The number of anilines is 1. The Morgan fingerprint density at radius 2 is 1.76 bits per heavy atom. The third-order valence-corrected chi connectivity index (χ3v) is 5.99. The topological polar surface area (TPSA) is 90.9 Å². The molecule has 0 atom stereocenters. The third-order valence-electron chi connectivity index (χ3n) is 5.59. The highest BCUT2D eigenvalue weighted by Gasteiger charge is 2.22. The smallest absolute Gasteiger partial charge is 0.324 e. The molecule has 2 aromatic carbocycles. The predicted molar refractivity (Wildman–Crippen MR) is 129 cm³/mol. The molecule has 8 nitrogen and oxygen atoms in total. The second-order valence-electron chi connectivity index (χ2n) is 8.00. The van der Waals surface area contributed by atoms with Crippen LogP contribution in [0.4, 0.5) is 10.1 Å². The van der Waals surface area contributed by atoms with E-state index in [1.165, 1.54) is 33.5 Å². The summed E-state index contributed by atoms with van der Waals surface area (Å²) in [5, 5.41) is 7.63. The number of fused-ring (bicyclic) bond motifs is 1. The van der Waals surface area contributed by atoms with Crippen molar-refractivity contribution in [3.63, 3.8) is 0 Å². The molecule has 34 heavy (non-hydrogen) atoms. The average molecular weight is 484 g/mol. The number of aromatic nitrogens is 4. The fourth-order valence-corrected chi connectivity index (χ4v) is 4.05. The molecule has 0 fully saturated rings. The second-order valence-corrected chi connectivity index (χ2v) is 8.40. The minimum absolute atomic E-state index is 0.0724. The van der Waals surface area contributed by atoms with Crippen LogP contribution in [0.2, 0.25) is 5.02 Å². The Labute approximate surface area is 199 Å². The van der Waals surface area contributed by atoms with Crippen LogP contribution in [0.15, 0.2) is 52.1 Å².